The van der Waals surface area contributed by atoms with Crippen LogP contribution in [0.1, 0.15) is 59.3 Å². The van der Waals surface area contributed by atoms with E-state index < -0.39 is 12.0 Å². The lowest BCUT2D eigenvalue weighted by atomic mass is 9.99. The van der Waals surface area contributed by atoms with Gasteiger partial charge in [0.05, 0.1) is 0 Å². The van der Waals surface area contributed by atoms with Gasteiger partial charge < -0.3 is 15.7 Å². The van der Waals surface area contributed by atoms with E-state index in [1.165, 1.54) is 0 Å². The highest BCUT2D eigenvalue weighted by Crippen LogP contribution is 2.24. The van der Waals surface area contributed by atoms with Crippen molar-refractivity contribution >= 4 is 17.8 Å². The molecule has 0 heterocycles. The molecule has 1 saturated carbocycles. The molecule has 2 amide bonds. The first-order valence-corrected chi connectivity index (χ1v) is 8.17. The van der Waals surface area contributed by atoms with Crippen LogP contribution >= 0.6 is 0 Å². The Morgan fingerprint density at radius 1 is 1.14 bits per heavy atom. The summed E-state index contributed by atoms with van der Waals surface area (Å²) in [6.45, 7) is 5.45. The molecule has 126 valence electrons. The van der Waals surface area contributed by atoms with E-state index in [1.807, 2.05) is 6.92 Å². The quantitative estimate of drug-likeness (QED) is 0.635. The Labute approximate surface area is 132 Å². The number of amides is 2. The summed E-state index contributed by atoms with van der Waals surface area (Å²) in [7, 11) is 0. The highest BCUT2D eigenvalue weighted by molar-refractivity contribution is 5.85. The average Bonchev–Trinajstić information content (AvgIpc) is 2.97. The molecule has 1 aliphatic carbocycles. The molecule has 0 saturated heterocycles. The third-order valence-electron chi connectivity index (χ3n) is 4.40. The van der Waals surface area contributed by atoms with Gasteiger partial charge in [0.25, 0.3) is 0 Å². The number of aliphatic carboxylic acids is 1. The van der Waals surface area contributed by atoms with Crippen LogP contribution in [0.2, 0.25) is 0 Å². The Bertz CT molecular complexity index is 405. The van der Waals surface area contributed by atoms with Crippen molar-refractivity contribution in [3.63, 3.8) is 0 Å². The Kier molecular flexibility index (Phi) is 7.35. The molecule has 0 aromatic rings. The fourth-order valence-corrected chi connectivity index (χ4v) is 2.79. The van der Waals surface area contributed by atoms with Gasteiger partial charge in [-0.3, -0.25) is 9.59 Å². The van der Waals surface area contributed by atoms with E-state index in [0.29, 0.717) is 6.42 Å². The molecule has 0 aromatic heterocycles. The molecule has 3 unspecified atom stereocenters. The average molecular weight is 312 g/mol. The van der Waals surface area contributed by atoms with Gasteiger partial charge in [0.15, 0.2) is 0 Å². The molecule has 6 heteroatoms. The van der Waals surface area contributed by atoms with Crippen molar-refractivity contribution < 1.29 is 19.5 Å². The lowest BCUT2D eigenvalue weighted by molar-refractivity contribution is -0.143. The number of carboxylic acid groups (broad SMARTS) is 1. The van der Waals surface area contributed by atoms with Crippen LogP contribution < -0.4 is 10.6 Å². The van der Waals surface area contributed by atoms with Crippen molar-refractivity contribution in [1.29, 1.82) is 0 Å². The monoisotopic (exact) mass is 312 g/mol. The van der Waals surface area contributed by atoms with Crippen LogP contribution in [0.4, 0.5) is 0 Å². The third-order valence-corrected chi connectivity index (χ3v) is 4.40. The summed E-state index contributed by atoms with van der Waals surface area (Å²) in [6, 6.07) is -1.17. The summed E-state index contributed by atoms with van der Waals surface area (Å²) in [5.74, 6) is -1.42. The largest absolute Gasteiger partial charge is 0.480 e. The summed E-state index contributed by atoms with van der Waals surface area (Å²) in [5.41, 5.74) is 0. The molecule has 0 bridgehead atoms. The van der Waals surface area contributed by atoms with Crippen LogP contribution in [0.15, 0.2) is 0 Å². The maximum Gasteiger partial charge on any atom is 0.326 e. The number of rotatable bonds is 8. The van der Waals surface area contributed by atoms with Crippen LogP contribution in [0.3, 0.4) is 0 Å². The van der Waals surface area contributed by atoms with Gasteiger partial charge in [0.2, 0.25) is 11.8 Å². The molecule has 3 atom stereocenters. The first kappa shape index (κ1) is 18.5. The van der Waals surface area contributed by atoms with Gasteiger partial charge in [-0.25, -0.2) is 4.79 Å². The van der Waals surface area contributed by atoms with Crippen molar-refractivity contribution in [3.8, 4) is 0 Å². The molecule has 0 radical (unpaired) electrons. The molecule has 0 aliphatic heterocycles. The summed E-state index contributed by atoms with van der Waals surface area (Å²) < 4.78 is 0. The topological polar surface area (TPSA) is 95.5 Å². The smallest absolute Gasteiger partial charge is 0.326 e. The maximum atomic E-state index is 12.0. The highest BCUT2D eigenvalue weighted by Gasteiger charge is 2.27. The minimum Gasteiger partial charge on any atom is -0.480 e. The Morgan fingerprint density at radius 3 is 2.23 bits per heavy atom. The molecular formula is C16H28N2O4. The molecule has 1 rings (SSSR count). The van der Waals surface area contributed by atoms with Gasteiger partial charge >= 0.3 is 5.97 Å². The second kappa shape index (κ2) is 8.76. The predicted octanol–water partition coefficient (Wildman–Crippen LogP) is 1.69. The van der Waals surface area contributed by atoms with Crippen LogP contribution in [0, 0.1) is 11.8 Å². The Balaban J connectivity index is 2.42. The third kappa shape index (κ3) is 5.66. The van der Waals surface area contributed by atoms with Crippen molar-refractivity contribution in [2.24, 2.45) is 11.8 Å². The van der Waals surface area contributed by atoms with Crippen LogP contribution in [-0.4, -0.2) is 35.0 Å². The van der Waals surface area contributed by atoms with E-state index in [1.54, 1.807) is 13.8 Å². The Morgan fingerprint density at radius 2 is 1.73 bits per heavy atom. The summed E-state index contributed by atoms with van der Waals surface area (Å²) in [5, 5.41) is 14.6. The number of hydrogen-bond acceptors (Lipinski definition) is 3. The molecule has 6 nitrogen and oxygen atoms in total. The van der Waals surface area contributed by atoms with Crippen molar-refractivity contribution in [3.05, 3.63) is 0 Å². The number of nitrogens with one attached hydrogen (secondary N) is 2. The van der Waals surface area contributed by atoms with Gasteiger partial charge in [-0.2, -0.15) is 0 Å². The summed E-state index contributed by atoms with van der Waals surface area (Å²) in [4.78, 5) is 35.1. The predicted molar refractivity (Wildman–Crippen MR) is 83.2 cm³/mol. The fraction of sp³-hybridized carbons (Fsp3) is 0.812. The highest BCUT2D eigenvalue weighted by atomic mass is 16.4. The number of carbonyl (C=O) groups is 3. The first-order valence-electron chi connectivity index (χ1n) is 8.17. The number of carbonyl (C=O) groups excluding carboxylic acids is 2. The molecule has 1 aliphatic rings. The normalized spacial score (nSPS) is 19.2. The van der Waals surface area contributed by atoms with Gasteiger partial charge in [-0.15, -0.1) is 0 Å². The summed E-state index contributed by atoms with van der Waals surface area (Å²) in [6.07, 6.45) is 4.77. The van der Waals surface area contributed by atoms with Crippen LogP contribution in [0.25, 0.3) is 0 Å². The lowest BCUT2D eigenvalue weighted by Crippen LogP contribution is -2.47. The standard InChI is InChI=1S/C16H28N2O4/c1-4-10(2)14(16(21)22)18-13(19)9-11(3)17-15(20)12-7-5-6-8-12/h10-12,14H,4-9H2,1-3H3,(H,17,20)(H,18,19)(H,21,22). The van der Waals surface area contributed by atoms with Crippen molar-refractivity contribution in [2.45, 2.75) is 71.4 Å². The number of hydrogen-bond donors (Lipinski definition) is 3. The van der Waals surface area contributed by atoms with Crippen molar-refractivity contribution in [2.75, 3.05) is 0 Å². The van der Waals surface area contributed by atoms with Gasteiger partial charge in [-0.1, -0.05) is 33.1 Å². The van der Waals surface area contributed by atoms with E-state index in [4.69, 9.17) is 5.11 Å². The van der Waals surface area contributed by atoms with E-state index in [2.05, 4.69) is 10.6 Å². The minimum atomic E-state index is -1.02. The zero-order valence-corrected chi connectivity index (χ0v) is 13.7. The maximum absolute atomic E-state index is 12.0. The van der Waals surface area contributed by atoms with E-state index >= 15 is 0 Å². The van der Waals surface area contributed by atoms with Gasteiger partial charge in [0, 0.05) is 18.4 Å². The number of carboxylic acids is 1. The molecule has 22 heavy (non-hydrogen) atoms. The molecular weight excluding hydrogens is 284 g/mol. The van der Waals surface area contributed by atoms with Crippen LogP contribution in [0.5, 0.6) is 0 Å². The van der Waals surface area contributed by atoms with E-state index in [-0.39, 0.29) is 36.1 Å². The Hall–Kier alpha value is -1.59. The first-order chi connectivity index (χ1) is 10.3. The molecule has 0 spiro atoms. The SMILES string of the molecule is CCC(C)C(NC(=O)CC(C)NC(=O)C1CCCC1)C(=O)O. The second-order valence-corrected chi connectivity index (χ2v) is 6.36. The zero-order chi connectivity index (χ0) is 16.7. The van der Waals surface area contributed by atoms with Crippen molar-refractivity contribution in [1.82, 2.24) is 10.6 Å². The molecule has 3 N–H and O–H groups in total. The second-order valence-electron chi connectivity index (χ2n) is 6.36. The van der Waals surface area contributed by atoms with Crippen LogP contribution in [-0.2, 0) is 14.4 Å². The molecule has 1 fully saturated rings. The fourth-order valence-electron chi connectivity index (χ4n) is 2.79. The van der Waals surface area contributed by atoms with Gasteiger partial charge in [0.1, 0.15) is 6.04 Å². The minimum absolute atomic E-state index is 0.00881. The summed E-state index contributed by atoms with van der Waals surface area (Å²) >= 11 is 0. The lowest BCUT2D eigenvalue weighted by Gasteiger charge is -2.22. The van der Waals surface area contributed by atoms with Gasteiger partial charge in [-0.05, 0) is 25.7 Å². The van der Waals surface area contributed by atoms with E-state index in [9.17, 15) is 14.4 Å². The van der Waals surface area contributed by atoms with E-state index in [0.717, 1.165) is 25.7 Å². The zero-order valence-electron chi connectivity index (χ0n) is 13.7. The molecule has 0 aromatic carbocycles.